The molecule has 3 heterocycles. The fraction of sp³-hybridized carbons (Fsp3) is 0.176. The van der Waals surface area contributed by atoms with Gasteiger partial charge >= 0.3 is 0 Å². The van der Waals surface area contributed by atoms with Gasteiger partial charge in [-0.15, -0.1) is 0 Å². The van der Waals surface area contributed by atoms with Crippen LogP contribution in [-0.2, 0) is 0 Å². The molecular formula is C17H15N5OS2. The van der Waals surface area contributed by atoms with Gasteiger partial charge in [0.25, 0.3) is 5.56 Å². The van der Waals surface area contributed by atoms with Gasteiger partial charge in [-0.2, -0.15) is 9.36 Å². The average Bonchev–Trinajstić information content (AvgIpc) is 3.12. The summed E-state index contributed by atoms with van der Waals surface area (Å²) in [6.07, 6.45) is 1.79. The Hall–Kier alpha value is -2.45. The van der Waals surface area contributed by atoms with E-state index in [4.69, 9.17) is 5.73 Å². The van der Waals surface area contributed by atoms with E-state index in [0.29, 0.717) is 16.3 Å². The van der Waals surface area contributed by atoms with Crippen LogP contribution in [0.25, 0.3) is 16.6 Å². The van der Waals surface area contributed by atoms with Crippen molar-refractivity contribution in [2.45, 2.75) is 19.0 Å². The van der Waals surface area contributed by atoms with Gasteiger partial charge in [-0.05, 0) is 24.8 Å². The zero-order valence-corrected chi connectivity index (χ0v) is 15.3. The molecule has 0 spiro atoms. The summed E-state index contributed by atoms with van der Waals surface area (Å²) in [7, 11) is 0. The number of nitrogens with two attached hydrogens (primary N) is 1. The number of thioether (sulfide) groups is 1. The lowest BCUT2D eigenvalue weighted by Crippen LogP contribution is -2.16. The van der Waals surface area contributed by atoms with Crippen LogP contribution in [0.4, 0.5) is 11.5 Å². The number of fused-ring (bicyclic) bond motifs is 2. The van der Waals surface area contributed by atoms with Crippen molar-refractivity contribution in [3.05, 3.63) is 45.7 Å². The second-order valence-electron chi connectivity index (χ2n) is 5.50. The van der Waals surface area contributed by atoms with Crippen molar-refractivity contribution in [2.24, 2.45) is 4.99 Å². The number of allylic oxidation sites excluding steroid dienone is 1. The Labute approximate surface area is 152 Å². The molecule has 0 unspecified atom stereocenters. The van der Waals surface area contributed by atoms with Gasteiger partial charge in [0.2, 0.25) is 4.96 Å². The molecule has 3 aromatic rings. The van der Waals surface area contributed by atoms with E-state index in [1.165, 1.54) is 11.5 Å². The third-order valence-corrected chi connectivity index (χ3v) is 5.60. The highest BCUT2D eigenvalue weighted by molar-refractivity contribution is 7.99. The highest BCUT2D eigenvalue weighted by atomic mass is 32.2. The summed E-state index contributed by atoms with van der Waals surface area (Å²) in [6.45, 7) is 3.97. The van der Waals surface area contributed by atoms with E-state index in [9.17, 15) is 4.79 Å². The number of aliphatic imine (C=N–C) groups is 1. The van der Waals surface area contributed by atoms with Gasteiger partial charge in [-0.25, -0.2) is 4.40 Å². The van der Waals surface area contributed by atoms with E-state index in [0.717, 1.165) is 33.4 Å². The third-order valence-electron chi connectivity index (χ3n) is 3.97. The van der Waals surface area contributed by atoms with Gasteiger partial charge in [0.1, 0.15) is 5.82 Å². The molecule has 1 aromatic carbocycles. The highest BCUT2D eigenvalue weighted by Gasteiger charge is 2.20. The van der Waals surface area contributed by atoms with Crippen LogP contribution >= 0.6 is 23.3 Å². The number of nitrogen functional groups attached to an aromatic ring is 1. The maximum atomic E-state index is 12.5. The van der Waals surface area contributed by atoms with Gasteiger partial charge in [0, 0.05) is 28.4 Å². The van der Waals surface area contributed by atoms with E-state index in [2.05, 4.69) is 14.3 Å². The molecular weight excluding hydrogens is 354 g/mol. The number of rotatable bonds is 3. The van der Waals surface area contributed by atoms with E-state index in [1.54, 1.807) is 22.2 Å². The molecule has 2 aromatic heterocycles. The average molecular weight is 369 g/mol. The predicted molar refractivity (Wildman–Crippen MR) is 105 cm³/mol. The van der Waals surface area contributed by atoms with E-state index >= 15 is 0 Å². The molecule has 2 N–H and O–H groups in total. The Morgan fingerprint density at radius 1 is 1.36 bits per heavy atom. The van der Waals surface area contributed by atoms with E-state index in [-0.39, 0.29) is 5.56 Å². The van der Waals surface area contributed by atoms with Crippen molar-refractivity contribution >= 4 is 57.1 Å². The molecule has 4 rings (SSSR count). The molecule has 25 heavy (non-hydrogen) atoms. The minimum absolute atomic E-state index is 0.348. The van der Waals surface area contributed by atoms with Crippen molar-refractivity contribution in [2.75, 3.05) is 11.5 Å². The Morgan fingerprint density at radius 3 is 2.96 bits per heavy atom. The van der Waals surface area contributed by atoms with E-state index in [1.807, 2.05) is 38.1 Å². The van der Waals surface area contributed by atoms with Gasteiger partial charge in [0.05, 0.1) is 11.3 Å². The standard InChI is InChI=1S/C17H15N5OS2/c1-3-24-17-21-25-16-20-15(23)12(14(18)22(16)17)8-11-9(2)19-13-7-5-4-6-10(11)13/h4-8H,3,18H2,1-2H3/b11-8+. The topological polar surface area (TPSA) is 85.6 Å². The molecule has 0 aliphatic carbocycles. The summed E-state index contributed by atoms with van der Waals surface area (Å²) in [5.74, 6) is 1.23. The fourth-order valence-electron chi connectivity index (χ4n) is 2.81. The van der Waals surface area contributed by atoms with Crippen molar-refractivity contribution in [3.8, 4) is 0 Å². The van der Waals surface area contributed by atoms with Crippen LogP contribution in [-0.4, -0.2) is 25.2 Å². The lowest BCUT2D eigenvalue weighted by molar-refractivity contribution is 0.951. The van der Waals surface area contributed by atoms with Crippen molar-refractivity contribution in [3.63, 3.8) is 0 Å². The molecule has 0 saturated heterocycles. The quantitative estimate of drug-likeness (QED) is 0.714. The lowest BCUT2D eigenvalue weighted by atomic mass is 10.0. The molecule has 0 saturated carbocycles. The highest BCUT2D eigenvalue weighted by Crippen LogP contribution is 2.36. The predicted octanol–water partition coefficient (Wildman–Crippen LogP) is 3.49. The van der Waals surface area contributed by atoms with Crippen LogP contribution in [0.2, 0.25) is 0 Å². The SMILES string of the molecule is CCSc1nsc2nc(=O)c(/C=C3\C(C)=Nc4ccccc43)c(N)n12. The number of nitrogens with zero attached hydrogens (tertiary/aromatic N) is 4. The molecule has 0 bridgehead atoms. The Bertz CT molecular complexity index is 1110. The number of para-hydroxylation sites is 1. The Morgan fingerprint density at radius 2 is 2.16 bits per heavy atom. The summed E-state index contributed by atoms with van der Waals surface area (Å²) in [4.78, 5) is 21.7. The molecule has 0 fully saturated rings. The fourth-order valence-corrected chi connectivity index (χ4v) is 4.40. The van der Waals surface area contributed by atoms with Crippen LogP contribution in [0.15, 0.2) is 39.2 Å². The third kappa shape index (κ3) is 2.58. The Balaban J connectivity index is 1.95. The first-order valence-corrected chi connectivity index (χ1v) is 9.53. The number of hydrogen-bond donors (Lipinski definition) is 1. The molecule has 0 atom stereocenters. The monoisotopic (exact) mass is 369 g/mol. The molecule has 1 aliphatic rings. The van der Waals surface area contributed by atoms with Crippen molar-refractivity contribution in [1.29, 1.82) is 0 Å². The number of aromatic nitrogens is 3. The van der Waals surface area contributed by atoms with Gasteiger partial charge in [-0.3, -0.25) is 9.79 Å². The van der Waals surface area contributed by atoms with Crippen molar-refractivity contribution < 1.29 is 0 Å². The number of hydrogen-bond acceptors (Lipinski definition) is 7. The number of anilines is 1. The zero-order chi connectivity index (χ0) is 17.6. The molecule has 126 valence electrons. The molecule has 0 amide bonds. The van der Waals surface area contributed by atoms with Gasteiger partial charge < -0.3 is 5.73 Å². The largest absolute Gasteiger partial charge is 0.384 e. The van der Waals surface area contributed by atoms with Crippen LogP contribution in [0.1, 0.15) is 25.0 Å². The minimum Gasteiger partial charge on any atom is -0.384 e. The smallest absolute Gasteiger partial charge is 0.283 e. The van der Waals surface area contributed by atoms with Crippen molar-refractivity contribution in [1.82, 2.24) is 13.8 Å². The minimum atomic E-state index is -0.348. The van der Waals surface area contributed by atoms with Crippen LogP contribution in [0.5, 0.6) is 0 Å². The molecule has 6 nitrogen and oxygen atoms in total. The van der Waals surface area contributed by atoms with Crippen LogP contribution in [0.3, 0.4) is 0 Å². The first-order valence-electron chi connectivity index (χ1n) is 7.77. The molecule has 0 radical (unpaired) electrons. The molecule has 1 aliphatic heterocycles. The van der Waals surface area contributed by atoms with E-state index < -0.39 is 0 Å². The second-order valence-corrected chi connectivity index (χ2v) is 7.47. The van der Waals surface area contributed by atoms with Crippen LogP contribution in [0, 0.1) is 0 Å². The summed E-state index contributed by atoms with van der Waals surface area (Å²) in [5.41, 5.74) is 10.0. The summed E-state index contributed by atoms with van der Waals surface area (Å²) in [6, 6.07) is 7.85. The first-order chi connectivity index (χ1) is 12.1. The summed E-state index contributed by atoms with van der Waals surface area (Å²) in [5, 5.41) is 0.754. The number of benzene rings is 1. The van der Waals surface area contributed by atoms with Crippen LogP contribution < -0.4 is 11.3 Å². The lowest BCUT2D eigenvalue weighted by Gasteiger charge is -2.07. The normalized spacial score (nSPS) is 15.0. The maximum Gasteiger partial charge on any atom is 0.283 e. The second kappa shape index (κ2) is 6.12. The van der Waals surface area contributed by atoms with Gasteiger partial charge in [0.15, 0.2) is 5.16 Å². The molecule has 8 heteroatoms. The summed E-state index contributed by atoms with van der Waals surface area (Å²) >= 11 is 2.75. The first kappa shape index (κ1) is 16.0. The zero-order valence-electron chi connectivity index (χ0n) is 13.7. The van der Waals surface area contributed by atoms with Gasteiger partial charge in [-0.1, -0.05) is 36.9 Å². The Kier molecular flexibility index (Phi) is 3.93. The summed E-state index contributed by atoms with van der Waals surface area (Å²) < 4.78 is 6.10. The maximum absolute atomic E-state index is 12.5.